The monoisotopic (exact) mass is 371 g/mol. The van der Waals surface area contributed by atoms with E-state index in [4.69, 9.17) is 4.98 Å². The third kappa shape index (κ3) is 3.29. The average molecular weight is 371 g/mol. The number of nitrogens with zero attached hydrogens (tertiary/aromatic N) is 5. The second-order valence-corrected chi connectivity index (χ2v) is 7.12. The van der Waals surface area contributed by atoms with Crippen molar-refractivity contribution >= 4 is 22.8 Å². The molecule has 0 saturated carbocycles. The summed E-state index contributed by atoms with van der Waals surface area (Å²) in [6.07, 6.45) is 0. The summed E-state index contributed by atoms with van der Waals surface area (Å²) in [5.74, 6) is 0.590. The highest BCUT2D eigenvalue weighted by molar-refractivity contribution is 7.98. The number of hydrogen-bond donors (Lipinski definition) is 0. The van der Waals surface area contributed by atoms with Gasteiger partial charge in [-0.25, -0.2) is 14.6 Å². The standard InChI is InChI=1S/C21H17N5S/c1-14-17(12-22)20(26(25-14)16-8-4-3-5-9-16)13-27-21-15(2)23-18-10-6-7-11-19(18)24-21/h3-11H,13H2,1-2H3. The van der Waals surface area contributed by atoms with Gasteiger partial charge in [-0.1, -0.05) is 42.1 Å². The highest BCUT2D eigenvalue weighted by atomic mass is 32.2. The number of hydrogen-bond acceptors (Lipinski definition) is 5. The number of benzene rings is 2. The van der Waals surface area contributed by atoms with Crippen molar-refractivity contribution in [3.05, 3.63) is 77.2 Å². The van der Waals surface area contributed by atoms with Crippen molar-refractivity contribution in [2.24, 2.45) is 0 Å². The highest BCUT2D eigenvalue weighted by Crippen LogP contribution is 2.28. The summed E-state index contributed by atoms with van der Waals surface area (Å²) < 4.78 is 1.85. The van der Waals surface area contributed by atoms with E-state index in [1.54, 1.807) is 11.8 Å². The minimum Gasteiger partial charge on any atom is -0.249 e. The van der Waals surface area contributed by atoms with E-state index >= 15 is 0 Å². The smallest absolute Gasteiger partial charge is 0.118 e. The molecule has 0 aliphatic carbocycles. The number of rotatable bonds is 4. The maximum absolute atomic E-state index is 9.61. The Bertz CT molecular complexity index is 1160. The van der Waals surface area contributed by atoms with Crippen LogP contribution in [0.1, 0.15) is 22.6 Å². The second-order valence-electron chi connectivity index (χ2n) is 6.16. The Morgan fingerprint density at radius 1 is 0.926 bits per heavy atom. The Hall–Kier alpha value is -3.17. The highest BCUT2D eigenvalue weighted by Gasteiger charge is 2.17. The molecule has 0 aliphatic heterocycles. The van der Waals surface area contributed by atoms with Crippen LogP contribution in [-0.4, -0.2) is 19.7 Å². The third-order valence-corrected chi connectivity index (χ3v) is 5.39. The maximum atomic E-state index is 9.61. The lowest BCUT2D eigenvalue weighted by Crippen LogP contribution is -2.02. The molecule has 0 amide bonds. The molecule has 5 nitrogen and oxygen atoms in total. The van der Waals surface area contributed by atoms with Gasteiger partial charge in [-0.3, -0.25) is 0 Å². The van der Waals surface area contributed by atoms with E-state index in [2.05, 4.69) is 16.2 Å². The van der Waals surface area contributed by atoms with Crippen LogP contribution < -0.4 is 0 Å². The molecule has 2 heterocycles. The predicted molar refractivity (Wildman–Crippen MR) is 107 cm³/mol. The predicted octanol–water partition coefficient (Wildman–Crippen LogP) is 4.60. The molecule has 0 radical (unpaired) electrons. The number of fused-ring (bicyclic) bond motifs is 1. The van der Waals surface area contributed by atoms with Crippen LogP contribution in [0.3, 0.4) is 0 Å². The number of thioether (sulfide) groups is 1. The summed E-state index contributed by atoms with van der Waals surface area (Å²) in [6, 6.07) is 20.0. The lowest BCUT2D eigenvalue weighted by molar-refractivity contribution is 0.828. The van der Waals surface area contributed by atoms with E-state index < -0.39 is 0 Å². The van der Waals surface area contributed by atoms with Gasteiger partial charge in [0.05, 0.1) is 39.4 Å². The van der Waals surface area contributed by atoms with Gasteiger partial charge in [-0.2, -0.15) is 10.4 Å². The van der Waals surface area contributed by atoms with Gasteiger partial charge >= 0.3 is 0 Å². The Morgan fingerprint density at radius 3 is 2.30 bits per heavy atom. The zero-order valence-electron chi connectivity index (χ0n) is 15.0. The SMILES string of the molecule is Cc1nc2ccccc2nc1SCc1c(C#N)c(C)nn1-c1ccccc1. The number of para-hydroxylation sites is 3. The Balaban J connectivity index is 1.71. The molecule has 6 heteroatoms. The van der Waals surface area contributed by atoms with Gasteiger partial charge in [0.25, 0.3) is 0 Å². The van der Waals surface area contributed by atoms with Crippen LogP contribution in [0.2, 0.25) is 0 Å². The first-order valence-corrected chi connectivity index (χ1v) is 9.56. The normalized spacial score (nSPS) is 10.9. The summed E-state index contributed by atoms with van der Waals surface area (Å²) >= 11 is 1.58. The molecule has 0 saturated heterocycles. The zero-order chi connectivity index (χ0) is 18.8. The first-order valence-electron chi connectivity index (χ1n) is 8.57. The second kappa shape index (κ2) is 7.22. The largest absolute Gasteiger partial charge is 0.249 e. The molecule has 27 heavy (non-hydrogen) atoms. The van der Waals surface area contributed by atoms with E-state index in [0.29, 0.717) is 11.3 Å². The lowest BCUT2D eigenvalue weighted by atomic mass is 10.2. The molecular weight excluding hydrogens is 354 g/mol. The van der Waals surface area contributed by atoms with E-state index in [1.165, 1.54) is 0 Å². The average Bonchev–Trinajstić information content (AvgIpc) is 3.02. The van der Waals surface area contributed by atoms with Crippen LogP contribution in [0.5, 0.6) is 0 Å². The third-order valence-electron chi connectivity index (χ3n) is 4.32. The number of nitriles is 1. The van der Waals surface area contributed by atoms with Crippen LogP contribution in [0.4, 0.5) is 0 Å². The van der Waals surface area contributed by atoms with Gasteiger partial charge in [0, 0.05) is 5.75 Å². The fourth-order valence-electron chi connectivity index (χ4n) is 2.98. The molecule has 0 bridgehead atoms. The van der Waals surface area contributed by atoms with Gasteiger partial charge in [0.2, 0.25) is 0 Å². The van der Waals surface area contributed by atoms with Crippen LogP contribution in [0, 0.1) is 25.2 Å². The summed E-state index contributed by atoms with van der Waals surface area (Å²) in [4.78, 5) is 9.39. The molecule has 0 spiro atoms. The van der Waals surface area contributed by atoms with Gasteiger partial charge in [-0.05, 0) is 38.1 Å². The topological polar surface area (TPSA) is 67.4 Å². The fourth-order valence-corrected chi connectivity index (χ4v) is 3.94. The lowest BCUT2D eigenvalue weighted by Gasteiger charge is -2.09. The van der Waals surface area contributed by atoms with E-state index in [-0.39, 0.29) is 0 Å². The Labute approximate surface area is 161 Å². The number of aromatic nitrogens is 4. The van der Waals surface area contributed by atoms with Crippen molar-refractivity contribution in [3.63, 3.8) is 0 Å². The van der Waals surface area contributed by atoms with E-state index in [1.807, 2.05) is 73.1 Å². The summed E-state index contributed by atoms with van der Waals surface area (Å²) in [5.41, 5.74) is 5.83. The number of aryl methyl sites for hydroxylation is 2. The van der Waals surface area contributed by atoms with Gasteiger partial charge in [0.15, 0.2) is 0 Å². The Kier molecular flexibility index (Phi) is 4.61. The van der Waals surface area contributed by atoms with E-state index in [0.717, 1.165) is 38.8 Å². The quantitative estimate of drug-likeness (QED) is 0.491. The Morgan fingerprint density at radius 2 is 1.59 bits per heavy atom. The maximum Gasteiger partial charge on any atom is 0.118 e. The first-order chi connectivity index (χ1) is 13.2. The first kappa shape index (κ1) is 17.3. The van der Waals surface area contributed by atoms with Crippen molar-refractivity contribution in [2.45, 2.75) is 24.6 Å². The molecule has 0 fully saturated rings. The molecule has 4 aromatic rings. The molecule has 0 aliphatic rings. The van der Waals surface area contributed by atoms with Crippen molar-refractivity contribution in [2.75, 3.05) is 0 Å². The fraction of sp³-hybridized carbons (Fsp3) is 0.143. The summed E-state index contributed by atoms with van der Waals surface area (Å²) in [7, 11) is 0. The summed E-state index contributed by atoms with van der Waals surface area (Å²) in [6.45, 7) is 3.83. The molecule has 4 rings (SSSR count). The minimum absolute atomic E-state index is 0.590. The molecule has 2 aromatic heterocycles. The van der Waals surface area contributed by atoms with Crippen molar-refractivity contribution < 1.29 is 0 Å². The molecule has 132 valence electrons. The molecule has 0 N–H and O–H groups in total. The molecule has 0 atom stereocenters. The van der Waals surface area contributed by atoms with Gasteiger partial charge in [0.1, 0.15) is 11.1 Å². The van der Waals surface area contributed by atoms with Crippen LogP contribution in [0.15, 0.2) is 59.6 Å². The minimum atomic E-state index is 0.590. The summed E-state index contributed by atoms with van der Waals surface area (Å²) in [5, 5.41) is 15.1. The zero-order valence-corrected chi connectivity index (χ0v) is 15.9. The van der Waals surface area contributed by atoms with Crippen molar-refractivity contribution in [3.8, 4) is 11.8 Å². The van der Waals surface area contributed by atoms with E-state index in [9.17, 15) is 5.26 Å². The van der Waals surface area contributed by atoms with Gasteiger partial charge < -0.3 is 0 Å². The van der Waals surface area contributed by atoms with Crippen molar-refractivity contribution in [1.29, 1.82) is 5.26 Å². The van der Waals surface area contributed by atoms with Gasteiger partial charge in [-0.15, -0.1) is 0 Å². The van der Waals surface area contributed by atoms with Crippen LogP contribution in [0.25, 0.3) is 16.7 Å². The molecular formula is C21H17N5S. The van der Waals surface area contributed by atoms with Crippen LogP contribution in [-0.2, 0) is 5.75 Å². The van der Waals surface area contributed by atoms with Crippen LogP contribution >= 0.6 is 11.8 Å². The molecule has 2 aromatic carbocycles. The molecule has 0 unspecified atom stereocenters. The van der Waals surface area contributed by atoms with Crippen molar-refractivity contribution in [1.82, 2.24) is 19.7 Å².